The van der Waals surface area contributed by atoms with Crippen molar-refractivity contribution in [2.45, 2.75) is 25.9 Å². The minimum atomic E-state index is -4.46. The summed E-state index contributed by atoms with van der Waals surface area (Å²) in [6.07, 6.45) is -2.76. The number of carbonyl (C=O) groups excluding carboxylic acids is 1. The van der Waals surface area contributed by atoms with E-state index in [1.165, 1.54) is 12.1 Å². The van der Waals surface area contributed by atoms with Gasteiger partial charge in [0.1, 0.15) is 0 Å². The summed E-state index contributed by atoms with van der Waals surface area (Å²) in [4.78, 5) is 14.2. The number of hydrazone groups is 1. The fourth-order valence-corrected chi connectivity index (χ4v) is 3.05. The first-order chi connectivity index (χ1) is 13.4. The third-order valence-electron chi connectivity index (χ3n) is 4.30. The maximum absolute atomic E-state index is 12.9. The van der Waals surface area contributed by atoms with Gasteiger partial charge in [0.25, 0.3) is 0 Å². The van der Waals surface area contributed by atoms with Crippen LogP contribution in [0.4, 0.5) is 24.5 Å². The number of esters is 1. The number of amidine groups is 1. The Morgan fingerprint density at radius 3 is 2.75 bits per heavy atom. The fraction of sp³-hybridized carbons (Fsp3) is 0.300. The van der Waals surface area contributed by atoms with Crippen molar-refractivity contribution in [2.24, 2.45) is 5.10 Å². The SMILES string of the molecule is CCOC(=O)/C(=N/Nc1cccc(C(F)(F)F)c1)N1CCCc2ccccc21. The normalized spacial score (nSPS) is 14.4. The van der Waals surface area contributed by atoms with E-state index >= 15 is 0 Å². The molecule has 0 unspecified atom stereocenters. The molecule has 0 saturated carbocycles. The second-order valence-corrected chi connectivity index (χ2v) is 6.23. The molecule has 0 amide bonds. The predicted octanol–water partition coefficient (Wildman–Crippen LogP) is 4.45. The van der Waals surface area contributed by atoms with Crippen LogP contribution in [0.25, 0.3) is 0 Å². The number of fused-ring (bicyclic) bond motifs is 1. The molecule has 0 radical (unpaired) electrons. The predicted molar refractivity (Wildman–Crippen MR) is 101 cm³/mol. The van der Waals surface area contributed by atoms with Crippen molar-refractivity contribution in [3.8, 4) is 0 Å². The molecule has 3 rings (SSSR count). The zero-order chi connectivity index (χ0) is 20.1. The number of hydrogen-bond donors (Lipinski definition) is 1. The molecular formula is C20H20F3N3O2. The Bertz CT molecular complexity index is 881. The lowest BCUT2D eigenvalue weighted by molar-refractivity contribution is -0.137. The number of anilines is 2. The first-order valence-electron chi connectivity index (χ1n) is 8.93. The summed E-state index contributed by atoms with van der Waals surface area (Å²) in [5, 5.41) is 4.11. The van der Waals surface area contributed by atoms with Gasteiger partial charge in [0, 0.05) is 12.2 Å². The lowest BCUT2D eigenvalue weighted by Gasteiger charge is -2.30. The van der Waals surface area contributed by atoms with Crippen LogP contribution in [0.15, 0.2) is 53.6 Å². The fourth-order valence-electron chi connectivity index (χ4n) is 3.05. The number of nitrogens with zero attached hydrogens (tertiary/aromatic N) is 2. The Hall–Kier alpha value is -3.03. The highest BCUT2D eigenvalue weighted by Gasteiger charge is 2.30. The summed E-state index contributed by atoms with van der Waals surface area (Å²) in [7, 11) is 0. The highest BCUT2D eigenvalue weighted by molar-refractivity contribution is 6.41. The first kappa shape index (κ1) is 19.7. The maximum atomic E-state index is 12.9. The minimum Gasteiger partial charge on any atom is -0.460 e. The van der Waals surface area contributed by atoms with Crippen LogP contribution in [-0.4, -0.2) is 25.0 Å². The first-order valence-corrected chi connectivity index (χ1v) is 8.93. The summed E-state index contributed by atoms with van der Waals surface area (Å²) in [6, 6.07) is 12.3. The van der Waals surface area contributed by atoms with Crippen molar-refractivity contribution >= 4 is 23.2 Å². The highest BCUT2D eigenvalue weighted by atomic mass is 19.4. The molecule has 1 aliphatic rings. The van der Waals surface area contributed by atoms with Crippen LogP contribution in [-0.2, 0) is 22.1 Å². The Morgan fingerprint density at radius 2 is 2.00 bits per heavy atom. The molecule has 0 aromatic heterocycles. The monoisotopic (exact) mass is 391 g/mol. The largest absolute Gasteiger partial charge is 0.460 e. The summed E-state index contributed by atoms with van der Waals surface area (Å²) in [5.74, 6) is -0.634. The van der Waals surface area contributed by atoms with Crippen LogP contribution >= 0.6 is 0 Å². The quantitative estimate of drug-likeness (QED) is 0.364. The van der Waals surface area contributed by atoms with Gasteiger partial charge in [-0.3, -0.25) is 5.43 Å². The van der Waals surface area contributed by atoms with Crippen molar-refractivity contribution in [1.82, 2.24) is 0 Å². The maximum Gasteiger partial charge on any atom is 0.416 e. The van der Waals surface area contributed by atoms with Crippen molar-refractivity contribution in [3.63, 3.8) is 0 Å². The van der Waals surface area contributed by atoms with Gasteiger partial charge in [0.05, 0.1) is 17.9 Å². The number of alkyl halides is 3. The molecular weight excluding hydrogens is 371 g/mol. The Kier molecular flexibility index (Phi) is 5.87. The molecule has 5 nitrogen and oxygen atoms in total. The number of nitrogens with one attached hydrogen (secondary N) is 1. The van der Waals surface area contributed by atoms with E-state index in [0.717, 1.165) is 36.2 Å². The Morgan fingerprint density at radius 1 is 1.21 bits per heavy atom. The van der Waals surface area contributed by atoms with E-state index in [1.54, 1.807) is 11.8 Å². The van der Waals surface area contributed by atoms with Gasteiger partial charge in [-0.05, 0) is 49.6 Å². The third kappa shape index (κ3) is 4.44. The molecule has 0 saturated heterocycles. The van der Waals surface area contributed by atoms with Gasteiger partial charge < -0.3 is 9.64 Å². The van der Waals surface area contributed by atoms with E-state index in [4.69, 9.17) is 4.74 Å². The number of rotatable bonds is 3. The molecule has 0 spiro atoms. The second kappa shape index (κ2) is 8.33. The van der Waals surface area contributed by atoms with Crippen LogP contribution in [0, 0.1) is 0 Å². The zero-order valence-electron chi connectivity index (χ0n) is 15.3. The third-order valence-corrected chi connectivity index (χ3v) is 4.30. The molecule has 0 atom stereocenters. The molecule has 28 heavy (non-hydrogen) atoms. The topological polar surface area (TPSA) is 53.9 Å². The molecule has 0 aliphatic carbocycles. The second-order valence-electron chi connectivity index (χ2n) is 6.23. The highest BCUT2D eigenvalue weighted by Crippen LogP contribution is 2.31. The van der Waals surface area contributed by atoms with Crippen molar-refractivity contribution in [1.29, 1.82) is 0 Å². The van der Waals surface area contributed by atoms with E-state index in [2.05, 4.69) is 10.5 Å². The van der Waals surface area contributed by atoms with E-state index < -0.39 is 17.7 Å². The molecule has 8 heteroatoms. The van der Waals surface area contributed by atoms with Crippen molar-refractivity contribution in [3.05, 3.63) is 59.7 Å². The number of ether oxygens (including phenoxy) is 1. The molecule has 1 heterocycles. The summed E-state index contributed by atoms with van der Waals surface area (Å²) in [6.45, 7) is 2.40. The van der Waals surface area contributed by atoms with Crippen molar-refractivity contribution in [2.75, 3.05) is 23.5 Å². The van der Waals surface area contributed by atoms with Crippen molar-refractivity contribution < 1.29 is 22.7 Å². The van der Waals surface area contributed by atoms with Gasteiger partial charge in [0.2, 0.25) is 5.84 Å². The standard InChI is InChI=1S/C20H20F3N3O2/c1-2-28-19(27)18(26-12-6-8-14-7-3-4-11-17(14)26)25-24-16-10-5-9-15(13-16)20(21,22)23/h3-5,7,9-11,13,24H,2,6,8,12H2,1H3/b25-18-. The van der Waals surface area contributed by atoms with Gasteiger partial charge in [0.15, 0.2) is 0 Å². The van der Waals surface area contributed by atoms with Gasteiger partial charge in [-0.15, -0.1) is 5.10 Å². The van der Waals surface area contributed by atoms with E-state index in [9.17, 15) is 18.0 Å². The molecule has 0 fully saturated rings. The number of para-hydroxylation sites is 1. The molecule has 2 aromatic carbocycles. The van der Waals surface area contributed by atoms with Crippen LogP contribution < -0.4 is 10.3 Å². The summed E-state index contributed by atoms with van der Waals surface area (Å²) >= 11 is 0. The minimum absolute atomic E-state index is 0.00594. The summed E-state index contributed by atoms with van der Waals surface area (Å²) < 4.78 is 43.8. The van der Waals surface area contributed by atoms with Crippen LogP contribution in [0.3, 0.4) is 0 Å². The molecule has 1 N–H and O–H groups in total. The molecule has 0 bridgehead atoms. The van der Waals surface area contributed by atoms with Gasteiger partial charge in [-0.25, -0.2) is 4.79 Å². The Balaban J connectivity index is 1.93. The molecule has 148 valence electrons. The average Bonchev–Trinajstić information content (AvgIpc) is 2.68. The van der Waals surface area contributed by atoms with Crippen LogP contribution in [0.1, 0.15) is 24.5 Å². The molecule has 2 aromatic rings. The van der Waals surface area contributed by atoms with Gasteiger partial charge >= 0.3 is 12.1 Å². The van der Waals surface area contributed by atoms with E-state index in [0.29, 0.717) is 6.54 Å². The molecule has 1 aliphatic heterocycles. The smallest absolute Gasteiger partial charge is 0.416 e. The van der Waals surface area contributed by atoms with Crippen LogP contribution in [0.2, 0.25) is 0 Å². The number of aryl methyl sites for hydroxylation is 1. The number of halogens is 3. The Labute approximate surface area is 160 Å². The number of benzene rings is 2. The summed E-state index contributed by atoms with van der Waals surface area (Å²) in [5.41, 5.74) is 3.81. The lowest BCUT2D eigenvalue weighted by atomic mass is 10.0. The zero-order valence-corrected chi connectivity index (χ0v) is 15.3. The van der Waals surface area contributed by atoms with Crippen LogP contribution in [0.5, 0.6) is 0 Å². The number of carbonyl (C=O) groups is 1. The van der Waals surface area contributed by atoms with E-state index in [1.807, 2.05) is 24.3 Å². The average molecular weight is 391 g/mol. The lowest BCUT2D eigenvalue weighted by Crippen LogP contribution is -2.41. The van der Waals surface area contributed by atoms with Gasteiger partial charge in [-0.1, -0.05) is 24.3 Å². The van der Waals surface area contributed by atoms with Gasteiger partial charge in [-0.2, -0.15) is 13.2 Å². The van der Waals surface area contributed by atoms with E-state index in [-0.39, 0.29) is 18.1 Å². The number of hydrogen-bond acceptors (Lipinski definition) is 4.